The number of hydrogen-bond donors (Lipinski definition) is 0. The molecule has 0 aromatic rings. The Bertz CT molecular complexity index is 448. The molecular formula is C12H17O8P. The van der Waals surface area contributed by atoms with Gasteiger partial charge in [0.2, 0.25) is 0 Å². The molecule has 1 fully saturated rings. The molecule has 0 atom stereocenters. The molecular weight excluding hydrogens is 303 g/mol. The van der Waals surface area contributed by atoms with Crippen LogP contribution in [0.25, 0.3) is 0 Å². The molecule has 1 heterocycles. The number of carbonyl (C=O) groups excluding carboxylic acids is 2. The minimum absolute atomic E-state index is 0.00612. The van der Waals surface area contributed by atoms with Crippen LogP contribution in [0.15, 0.2) is 24.8 Å². The van der Waals surface area contributed by atoms with Crippen LogP contribution in [0.3, 0.4) is 0 Å². The van der Waals surface area contributed by atoms with Crippen LogP contribution in [-0.4, -0.2) is 45.0 Å². The molecule has 1 aliphatic heterocycles. The highest BCUT2D eigenvalue weighted by molar-refractivity contribution is 7.48. The van der Waals surface area contributed by atoms with Crippen LogP contribution in [0.1, 0.15) is 6.42 Å². The Morgan fingerprint density at radius 1 is 1.14 bits per heavy atom. The molecule has 0 bridgehead atoms. The van der Waals surface area contributed by atoms with E-state index in [0.717, 1.165) is 6.08 Å². The van der Waals surface area contributed by atoms with Crippen LogP contribution >= 0.6 is 7.82 Å². The first kappa shape index (κ1) is 17.6. The molecule has 0 saturated carbocycles. The summed E-state index contributed by atoms with van der Waals surface area (Å²) in [5, 5.41) is 0. The van der Waals surface area contributed by atoms with E-state index in [9.17, 15) is 14.2 Å². The second kappa shape index (κ2) is 8.74. The highest BCUT2D eigenvalue weighted by Crippen LogP contribution is 2.52. The Labute approximate surface area is 122 Å². The van der Waals surface area contributed by atoms with E-state index in [4.69, 9.17) is 23.0 Å². The molecule has 0 spiro atoms. The van der Waals surface area contributed by atoms with Crippen molar-refractivity contribution in [3.05, 3.63) is 24.8 Å². The Hall–Kier alpha value is -1.47. The number of esters is 2. The van der Waals surface area contributed by atoms with Gasteiger partial charge < -0.3 is 9.47 Å². The minimum atomic E-state index is -3.47. The zero-order chi connectivity index (χ0) is 15.7. The Morgan fingerprint density at radius 2 is 1.81 bits per heavy atom. The SMILES string of the molecule is C=CC(=O)OCCC(=C)C(=O)OCCOP1(=O)OCCO1. The van der Waals surface area contributed by atoms with Crippen molar-refractivity contribution in [3.63, 3.8) is 0 Å². The summed E-state index contributed by atoms with van der Waals surface area (Å²) in [6.45, 7) is 6.92. The zero-order valence-corrected chi connectivity index (χ0v) is 12.3. The highest BCUT2D eigenvalue weighted by atomic mass is 31.2. The van der Waals surface area contributed by atoms with Crippen molar-refractivity contribution in [1.82, 2.24) is 0 Å². The van der Waals surface area contributed by atoms with E-state index in [1.165, 1.54) is 0 Å². The normalized spacial score (nSPS) is 16.2. The van der Waals surface area contributed by atoms with Gasteiger partial charge in [0.1, 0.15) is 6.61 Å². The van der Waals surface area contributed by atoms with Crippen molar-refractivity contribution in [2.24, 2.45) is 0 Å². The van der Waals surface area contributed by atoms with E-state index in [-0.39, 0.29) is 45.0 Å². The highest BCUT2D eigenvalue weighted by Gasteiger charge is 2.31. The summed E-state index contributed by atoms with van der Waals surface area (Å²) in [6.07, 6.45) is 1.16. The van der Waals surface area contributed by atoms with Crippen LogP contribution < -0.4 is 0 Å². The lowest BCUT2D eigenvalue weighted by Crippen LogP contribution is -2.13. The number of hydrogen-bond acceptors (Lipinski definition) is 8. The largest absolute Gasteiger partial charge is 0.475 e. The molecule has 0 radical (unpaired) electrons. The van der Waals surface area contributed by atoms with E-state index in [2.05, 4.69) is 13.2 Å². The molecule has 0 aliphatic carbocycles. The Morgan fingerprint density at radius 3 is 2.43 bits per heavy atom. The fraction of sp³-hybridized carbons (Fsp3) is 0.500. The summed E-state index contributed by atoms with van der Waals surface area (Å²) < 4.78 is 35.5. The molecule has 1 rings (SSSR count). The molecule has 0 aromatic heterocycles. The van der Waals surface area contributed by atoms with Crippen molar-refractivity contribution in [1.29, 1.82) is 0 Å². The predicted octanol–water partition coefficient (Wildman–Crippen LogP) is 1.38. The summed E-state index contributed by atoms with van der Waals surface area (Å²) in [6, 6.07) is 0. The molecule has 118 valence electrons. The van der Waals surface area contributed by atoms with Gasteiger partial charge in [-0.3, -0.25) is 13.6 Å². The molecule has 0 N–H and O–H groups in total. The average molecular weight is 320 g/mol. The van der Waals surface area contributed by atoms with E-state index in [0.29, 0.717) is 0 Å². The lowest BCUT2D eigenvalue weighted by molar-refractivity contribution is -0.142. The Balaban J connectivity index is 2.12. The molecule has 0 amide bonds. The van der Waals surface area contributed by atoms with Gasteiger partial charge in [0.15, 0.2) is 0 Å². The second-order valence-electron chi connectivity index (χ2n) is 3.81. The van der Waals surface area contributed by atoms with Crippen molar-refractivity contribution in [2.45, 2.75) is 6.42 Å². The lowest BCUT2D eigenvalue weighted by atomic mass is 10.2. The van der Waals surface area contributed by atoms with Gasteiger partial charge in [-0.25, -0.2) is 14.2 Å². The van der Waals surface area contributed by atoms with Crippen LogP contribution in [-0.2, 0) is 37.2 Å². The number of ether oxygens (including phenoxy) is 2. The van der Waals surface area contributed by atoms with Crippen LogP contribution in [0, 0.1) is 0 Å². The third kappa shape index (κ3) is 6.68. The average Bonchev–Trinajstić information content (AvgIpc) is 2.90. The van der Waals surface area contributed by atoms with Gasteiger partial charge in [-0.15, -0.1) is 0 Å². The standard InChI is InChI=1S/C12H17O8P/c1-3-11(13)16-5-4-10(2)12(14)17-6-7-18-21(15)19-8-9-20-21/h3H,1-2,4-9H2. The minimum Gasteiger partial charge on any atom is -0.462 e. The van der Waals surface area contributed by atoms with Crippen molar-refractivity contribution >= 4 is 19.8 Å². The zero-order valence-electron chi connectivity index (χ0n) is 11.4. The van der Waals surface area contributed by atoms with Crippen LogP contribution in [0.2, 0.25) is 0 Å². The molecule has 9 heteroatoms. The van der Waals surface area contributed by atoms with Gasteiger partial charge in [-0.05, 0) is 0 Å². The summed E-state index contributed by atoms with van der Waals surface area (Å²) in [5.41, 5.74) is 0.145. The van der Waals surface area contributed by atoms with Gasteiger partial charge in [0.05, 0.1) is 26.4 Å². The van der Waals surface area contributed by atoms with Crippen molar-refractivity contribution in [2.75, 3.05) is 33.0 Å². The van der Waals surface area contributed by atoms with E-state index in [1.54, 1.807) is 0 Å². The summed E-state index contributed by atoms with van der Waals surface area (Å²) in [7, 11) is -3.47. The number of phosphoric acid groups is 1. The van der Waals surface area contributed by atoms with Gasteiger partial charge in [0.25, 0.3) is 0 Å². The predicted molar refractivity (Wildman–Crippen MR) is 71.3 cm³/mol. The number of rotatable bonds is 9. The smallest absolute Gasteiger partial charge is 0.462 e. The topological polar surface area (TPSA) is 97.4 Å². The van der Waals surface area contributed by atoms with Crippen molar-refractivity contribution < 1.29 is 37.2 Å². The molecule has 0 aromatic carbocycles. The summed E-state index contributed by atoms with van der Waals surface area (Å²) >= 11 is 0. The summed E-state index contributed by atoms with van der Waals surface area (Å²) in [4.78, 5) is 22.3. The van der Waals surface area contributed by atoms with E-state index >= 15 is 0 Å². The van der Waals surface area contributed by atoms with Gasteiger partial charge in [-0.1, -0.05) is 13.2 Å². The quantitative estimate of drug-likeness (QED) is 0.272. The van der Waals surface area contributed by atoms with Crippen LogP contribution in [0.4, 0.5) is 0 Å². The maximum atomic E-state index is 11.5. The number of phosphoric ester groups is 1. The molecule has 21 heavy (non-hydrogen) atoms. The molecule has 0 unspecified atom stereocenters. The van der Waals surface area contributed by atoms with E-state index < -0.39 is 19.8 Å². The van der Waals surface area contributed by atoms with Gasteiger partial charge in [-0.2, -0.15) is 0 Å². The fourth-order valence-corrected chi connectivity index (χ4v) is 2.35. The first-order valence-corrected chi connectivity index (χ1v) is 7.60. The maximum absolute atomic E-state index is 11.5. The second-order valence-corrected chi connectivity index (χ2v) is 5.48. The number of carbonyl (C=O) groups is 2. The lowest BCUT2D eigenvalue weighted by Gasteiger charge is -2.10. The molecule has 1 saturated heterocycles. The monoisotopic (exact) mass is 320 g/mol. The van der Waals surface area contributed by atoms with E-state index in [1.807, 2.05) is 0 Å². The third-order valence-electron chi connectivity index (χ3n) is 2.25. The summed E-state index contributed by atoms with van der Waals surface area (Å²) in [5.74, 6) is -1.23. The molecule has 8 nitrogen and oxygen atoms in total. The maximum Gasteiger partial charge on any atom is 0.475 e. The first-order chi connectivity index (χ1) is 9.97. The fourth-order valence-electron chi connectivity index (χ4n) is 1.23. The first-order valence-electron chi connectivity index (χ1n) is 6.14. The van der Waals surface area contributed by atoms with Gasteiger partial charge in [0, 0.05) is 18.1 Å². The Kier molecular flexibility index (Phi) is 7.31. The third-order valence-corrected chi connectivity index (χ3v) is 3.75. The van der Waals surface area contributed by atoms with Crippen LogP contribution in [0.5, 0.6) is 0 Å². The molecule has 1 aliphatic rings. The van der Waals surface area contributed by atoms with Gasteiger partial charge >= 0.3 is 19.8 Å². The van der Waals surface area contributed by atoms with Crippen molar-refractivity contribution in [3.8, 4) is 0 Å².